The average Bonchev–Trinajstić information content (AvgIpc) is 3.27. The van der Waals surface area contributed by atoms with Crippen molar-refractivity contribution >= 4 is 0 Å². The van der Waals surface area contributed by atoms with Crippen LogP contribution in [-0.2, 0) is 6.54 Å². The van der Waals surface area contributed by atoms with Crippen molar-refractivity contribution in [2.24, 2.45) is 5.92 Å². The topological polar surface area (TPSA) is 52.5 Å². The lowest BCUT2D eigenvalue weighted by Crippen LogP contribution is -2.22. The summed E-state index contributed by atoms with van der Waals surface area (Å²) in [5.41, 5.74) is 2.11. The second-order valence-corrected chi connectivity index (χ2v) is 5.42. The van der Waals surface area contributed by atoms with Crippen LogP contribution in [0, 0.1) is 5.92 Å². The summed E-state index contributed by atoms with van der Waals surface area (Å²) in [4.78, 5) is 0. The molecule has 3 rings (SSSR count). The molecule has 1 saturated carbocycles. The number of phenols is 2. The Morgan fingerprint density at radius 3 is 2.45 bits per heavy atom. The molecule has 0 amide bonds. The van der Waals surface area contributed by atoms with Gasteiger partial charge in [0.15, 0.2) is 0 Å². The molecule has 3 N–H and O–H groups in total. The molecule has 20 heavy (non-hydrogen) atoms. The Balaban J connectivity index is 1.72. The van der Waals surface area contributed by atoms with Gasteiger partial charge in [0.25, 0.3) is 0 Å². The van der Waals surface area contributed by atoms with Gasteiger partial charge in [0.1, 0.15) is 11.5 Å². The van der Waals surface area contributed by atoms with Gasteiger partial charge in [-0.15, -0.1) is 0 Å². The molecular weight excluding hydrogens is 250 g/mol. The van der Waals surface area contributed by atoms with E-state index < -0.39 is 0 Å². The van der Waals surface area contributed by atoms with Gasteiger partial charge >= 0.3 is 0 Å². The third kappa shape index (κ3) is 2.94. The van der Waals surface area contributed by atoms with Gasteiger partial charge in [-0.1, -0.05) is 36.4 Å². The number of rotatable bonds is 5. The fourth-order valence-electron chi connectivity index (χ4n) is 2.57. The van der Waals surface area contributed by atoms with Crippen LogP contribution in [0.4, 0.5) is 0 Å². The standard InChI is InChI=1S/C17H19NO2/c19-15-9-8-14(16(20)10-15)11-18-17(13-6-7-13)12-4-2-1-3-5-12/h1-5,8-10,13,17-20H,6-7,11H2. The molecule has 1 aliphatic carbocycles. The molecule has 2 aromatic carbocycles. The summed E-state index contributed by atoms with van der Waals surface area (Å²) in [6.07, 6.45) is 2.52. The molecule has 0 bridgehead atoms. The second kappa shape index (κ2) is 5.55. The zero-order valence-electron chi connectivity index (χ0n) is 11.3. The first kappa shape index (κ1) is 13.0. The molecule has 104 valence electrons. The molecule has 1 atom stereocenters. The minimum Gasteiger partial charge on any atom is -0.508 e. The lowest BCUT2D eigenvalue weighted by molar-refractivity contribution is 0.433. The van der Waals surface area contributed by atoms with Crippen LogP contribution in [-0.4, -0.2) is 10.2 Å². The molecule has 2 aromatic rings. The summed E-state index contributed by atoms with van der Waals surface area (Å²) >= 11 is 0. The summed E-state index contributed by atoms with van der Waals surface area (Å²) in [5.74, 6) is 0.921. The number of aromatic hydroxyl groups is 2. The van der Waals surface area contributed by atoms with Crippen LogP contribution < -0.4 is 5.32 Å². The van der Waals surface area contributed by atoms with E-state index in [1.165, 1.54) is 24.5 Å². The summed E-state index contributed by atoms with van der Waals surface area (Å²) in [7, 11) is 0. The van der Waals surface area contributed by atoms with Crippen LogP contribution in [0.2, 0.25) is 0 Å². The molecule has 0 spiro atoms. The Bertz CT molecular complexity index is 579. The van der Waals surface area contributed by atoms with Gasteiger partial charge in [-0.05, 0) is 30.4 Å². The van der Waals surface area contributed by atoms with Crippen molar-refractivity contribution in [1.82, 2.24) is 5.32 Å². The van der Waals surface area contributed by atoms with Gasteiger partial charge in [-0.3, -0.25) is 0 Å². The Hall–Kier alpha value is -2.00. The van der Waals surface area contributed by atoms with Crippen LogP contribution in [0.3, 0.4) is 0 Å². The van der Waals surface area contributed by atoms with Gasteiger partial charge in [0.05, 0.1) is 0 Å². The zero-order valence-corrected chi connectivity index (χ0v) is 11.3. The van der Waals surface area contributed by atoms with Gasteiger partial charge in [0, 0.05) is 24.2 Å². The van der Waals surface area contributed by atoms with E-state index in [1.807, 2.05) is 6.07 Å². The minimum atomic E-state index is 0.0908. The van der Waals surface area contributed by atoms with E-state index in [4.69, 9.17) is 0 Å². The third-order valence-electron chi connectivity index (χ3n) is 3.83. The molecule has 1 unspecified atom stereocenters. The number of hydrogen-bond donors (Lipinski definition) is 3. The maximum absolute atomic E-state index is 9.83. The highest BCUT2D eigenvalue weighted by Gasteiger charge is 2.31. The molecular formula is C17H19NO2. The third-order valence-corrected chi connectivity index (χ3v) is 3.83. The zero-order chi connectivity index (χ0) is 13.9. The van der Waals surface area contributed by atoms with Crippen molar-refractivity contribution in [2.75, 3.05) is 0 Å². The van der Waals surface area contributed by atoms with Crippen LogP contribution in [0.25, 0.3) is 0 Å². The summed E-state index contributed by atoms with van der Waals surface area (Å²) < 4.78 is 0. The van der Waals surface area contributed by atoms with Crippen molar-refractivity contribution in [1.29, 1.82) is 0 Å². The first-order valence-corrected chi connectivity index (χ1v) is 7.03. The van der Waals surface area contributed by atoms with Crippen LogP contribution in [0.5, 0.6) is 11.5 Å². The molecule has 3 nitrogen and oxygen atoms in total. The number of phenolic OH excluding ortho intramolecular Hbond substituents is 2. The quantitative estimate of drug-likeness (QED) is 0.780. The van der Waals surface area contributed by atoms with Crippen molar-refractivity contribution in [2.45, 2.75) is 25.4 Å². The highest BCUT2D eigenvalue weighted by atomic mass is 16.3. The van der Waals surface area contributed by atoms with Crippen molar-refractivity contribution < 1.29 is 10.2 Å². The fourth-order valence-corrected chi connectivity index (χ4v) is 2.57. The van der Waals surface area contributed by atoms with Crippen LogP contribution >= 0.6 is 0 Å². The Labute approximate surface area is 118 Å². The van der Waals surface area contributed by atoms with Gasteiger partial charge < -0.3 is 15.5 Å². The van der Waals surface area contributed by atoms with E-state index in [9.17, 15) is 10.2 Å². The summed E-state index contributed by atoms with van der Waals surface area (Å²) in [6, 6.07) is 15.5. The van der Waals surface area contributed by atoms with Crippen LogP contribution in [0.1, 0.15) is 30.0 Å². The minimum absolute atomic E-state index is 0.0908. The van der Waals surface area contributed by atoms with E-state index >= 15 is 0 Å². The first-order valence-electron chi connectivity index (χ1n) is 7.03. The maximum Gasteiger partial charge on any atom is 0.123 e. The Morgan fingerprint density at radius 1 is 1.05 bits per heavy atom. The van der Waals surface area contributed by atoms with Crippen LogP contribution in [0.15, 0.2) is 48.5 Å². The molecule has 0 saturated heterocycles. The molecule has 3 heteroatoms. The lowest BCUT2D eigenvalue weighted by Gasteiger charge is -2.19. The highest BCUT2D eigenvalue weighted by molar-refractivity contribution is 5.39. The Morgan fingerprint density at radius 2 is 1.80 bits per heavy atom. The van der Waals surface area contributed by atoms with Gasteiger partial charge in [0.2, 0.25) is 0 Å². The molecule has 0 aromatic heterocycles. The molecule has 0 heterocycles. The largest absolute Gasteiger partial charge is 0.508 e. The van der Waals surface area contributed by atoms with E-state index in [2.05, 4.69) is 29.6 Å². The summed E-state index contributed by atoms with van der Waals surface area (Å²) in [6.45, 7) is 0.599. The predicted octanol–water partition coefficient (Wildman–Crippen LogP) is 3.34. The maximum atomic E-state index is 9.83. The summed E-state index contributed by atoms with van der Waals surface area (Å²) in [5, 5.41) is 22.7. The van der Waals surface area contributed by atoms with Crippen molar-refractivity contribution in [3.8, 4) is 11.5 Å². The monoisotopic (exact) mass is 269 g/mol. The van der Waals surface area contributed by atoms with E-state index in [0.717, 1.165) is 5.56 Å². The van der Waals surface area contributed by atoms with Gasteiger partial charge in [-0.25, -0.2) is 0 Å². The molecule has 1 fully saturated rings. The fraction of sp³-hybridized carbons (Fsp3) is 0.294. The Kier molecular flexibility index (Phi) is 3.61. The average molecular weight is 269 g/mol. The lowest BCUT2D eigenvalue weighted by atomic mass is 10.0. The van der Waals surface area contributed by atoms with Crippen molar-refractivity contribution in [3.05, 3.63) is 59.7 Å². The highest BCUT2D eigenvalue weighted by Crippen LogP contribution is 2.41. The SMILES string of the molecule is Oc1ccc(CNC(c2ccccc2)C2CC2)c(O)c1. The number of hydrogen-bond acceptors (Lipinski definition) is 3. The first-order chi connectivity index (χ1) is 9.74. The van der Waals surface area contributed by atoms with E-state index in [1.54, 1.807) is 12.1 Å². The molecule has 1 aliphatic rings. The molecule has 0 radical (unpaired) electrons. The normalized spacial score (nSPS) is 16.0. The van der Waals surface area contributed by atoms with Gasteiger partial charge in [-0.2, -0.15) is 0 Å². The number of nitrogens with one attached hydrogen (secondary N) is 1. The van der Waals surface area contributed by atoms with Crippen molar-refractivity contribution in [3.63, 3.8) is 0 Å². The van der Waals surface area contributed by atoms with E-state index in [0.29, 0.717) is 18.5 Å². The van der Waals surface area contributed by atoms with E-state index in [-0.39, 0.29) is 11.5 Å². The second-order valence-electron chi connectivity index (χ2n) is 5.42. The molecule has 0 aliphatic heterocycles. The number of benzene rings is 2. The predicted molar refractivity (Wildman–Crippen MR) is 78.5 cm³/mol. The smallest absolute Gasteiger partial charge is 0.123 e.